The van der Waals surface area contributed by atoms with E-state index in [1.807, 2.05) is 57.2 Å². The van der Waals surface area contributed by atoms with Crippen molar-refractivity contribution in [2.75, 3.05) is 24.2 Å². The number of rotatable bonds is 11. The topological polar surface area (TPSA) is 96.0 Å². The van der Waals surface area contributed by atoms with Gasteiger partial charge in [-0.1, -0.05) is 66.2 Å². The minimum atomic E-state index is -3.91. The number of para-hydroxylation sites is 1. The number of anilines is 1. The van der Waals surface area contributed by atoms with Gasteiger partial charge in [-0.3, -0.25) is 13.9 Å². The Morgan fingerprint density at radius 2 is 1.57 bits per heavy atom. The number of hydrogen-bond donors (Lipinski definition) is 1. The molecule has 0 aliphatic carbocycles. The second kappa shape index (κ2) is 13.2. The van der Waals surface area contributed by atoms with Crippen LogP contribution in [0.1, 0.15) is 31.9 Å². The number of hydrogen-bond acceptors (Lipinski definition) is 5. The number of halogens is 1. The van der Waals surface area contributed by atoms with E-state index in [2.05, 4.69) is 5.32 Å². The highest BCUT2D eigenvalue weighted by Crippen LogP contribution is 2.28. The van der Waals surface area contributed by atoms with Crippen LogP contribution >= 0.6 is 11.6 Å². The molecule has 3 aromatic rings. The second-order valence-electron chi connectivity index (χ2n) is 10.5. The van der Waals surface area contributed by atoms with E-state index in [1.54, 1.807) is 43.5 Å². The number of nitrogens with zero attached hydrogens (tertiary/aromatic N) is 2. The van der Waals surface area contributed by atoms with Gasteiger partial charge in [0.05, 0.1) is 24.1 Å². The fourth-order valence-corrected chi connectivity index (χ4v) is 5.37. The Hall–Kier alpha value is -3.56. The highest BCUT2D eigenvalue weighted by atomic mass is 35.5. The van der Waals surface area contributed by atoms with Crippen molar-refractivity contribution in [1.29, 1.82) is 0 Å². The van der Waals surface area contributed by atoms with E-state index >= 15 is 0 Å². The second-order valence-corrected chi connectivity index (χ2v) is 12.9. The summed E-state index contributed by atoms with van der Waals surface area (Å²) in [6.07, 6.45) is 1.24. The van der Waals surface area contributed by atoms with Crippen LogP contribution in [0.15, 0.2) is 78.9 Å². The van der Waals surface area contributed by atoms with Gasteiger partial charge in [-0.15, -0.1) is 0 Å². The smallest absolute Gasteiger partial charge is 0.244 e. The standard InChI is InChI=1S/C30H36ClN3O5S/c1-30(2,3)32-29(36)27(19-22-12-7-6-8-13-22)33(20-23-14-11-15-24(18-23)39-4)28(35)21-34(40(5,37)38)26-17-10-9-16-25(26)31/h6-18,27H,19-21H2,1-5H3,(H,32,36)/t27-/m0/s1. The maximum absolute atomic E-state index is 14.1. The Labute approximate surface area is 241 Å². The van der Waals surface area contributed by atoms with Crippen LogP contribution in [0.5, 0.6) is 5.75 Å². The molecule has 0 radical (unpaired) electrons. The maximum atomic E-state index is 14.1. The molecule has 0 fully saturated rings. The molecule has 0 unspecified atom stereocenters. The van der Waals surface area contributed by atoms with Crippen molar-refractivity contribution in [2.45, 2.75) is 45.3 Å². The van der Waals surface area contributed by atoms with Crippen molar-refractivity contribution in [2.24, 2.45) is 0 Å². The van der Waals surface area contributed by atoms with Gasteiger partial charge in [0.25, 0.3) is 0 Å². The molecule has 40 heavy (non-hydrogen) atoms. The van der Waals surface area contributed by atoms with Gasteiger partial charge in [0, 0.05) is 18.5 Å². The molecule has 3 aromatic carbocycles. The first kappa shape index (κ1) is 31.0. The van der Waals surface area contributed by atoms with E-state index in [1.165, 1.54) is 11.0 Å². The molecule has 0 saturated carbocycles. The van der Waals surface area contributed by atoms with Crippen molar-refractivity contribution in [3.8, 4) is 5.75 Å². The summed E-state index contributed by atoms with van der Waals surface area (Å²) in [5.41, 5.74) is 1.19. The summed E-state index contributed by atoms with van der Waals surface area (Å²) in [6.45, 7) is 5.09. The van der Waals surface area contributed by atoms with Gasteiger partial charge >= 0.3 is 0 Å². The zero-order valence-electron chi connectivity index (χ0n) is 23.4. The molecule has 214 valence electrons. The van der Waals surface area contributed by atoms with Crippen LogP contribution in [0, 0.1) is 0 Å². The molecule has 0 aliphatic heterocycles. The van der Waals surface area contributed by atoms with Crippen LogP contribution in [0.25, 0.3) is 0 Å². The predicted octanol–water partition coefficient (Wildman–Crippen LogP) is 4.67. The van der Waals surface area contributed by atoms with Crippen molar-refractivity contribution in [3.05, 3.63) is 95.0 Å². The molecule has 8 nitrogen and oxygen atoms in total. The first-order valence-corrected chi connectivity index (χ1v) is 15.0. The summed E-state index contributed by atoms with van der Waals surface area (Å²) in [6, 6.07) is 22.1. The molecular formula is C30H36ClN3O5S. The summed E-state index contributed by atoms with van der Waals surface area (Å²) >= 11 is 6.34. The number of methoxy groups -OCH3 is 1. The van der Waals surface area contributed by atoms with Gasteiger partial charge in [-0.2, -0.15) is 0 Å². The molecule has 0 heterocycles. The van der Waals surface area contributed by atoms with Crippen LogP contribution in [0.2, 0.25) is 5.02 Å². The normalized spacial score (nSPS) is 12.3. The van der Waals surface area contributed by atoms with Gasteiger partial charge < -0.3 is 15.0 Å². The number of carbonyl (C=O) groups is 2. The van der Waals surface area contributed by atoms with Gasteiger partial charge in [-0.25, -0.2) is 8.42 Å². The first-order valence-electron chi connectivity index (χ1n) is 12.8. The van der Waals surface area contributed by atoms with Gasteiger partial charge in [0.1, 0.15) is 18.3 Å². The summed E-state index contributed by atoms with van der Waals surface area (Å²) in [5, 5.41) is 3.18. The number of benzene rings is 3. The van der Waals surface area contributed by atoms with Gasteiger partial charge in [-0.05, 0) is 56.2 Å². The van der Waals surface area contributed by atoms with E-state index in [-0.39, 0.29) is 29.6 Å². The summed E-state index contributed by atoms with van der Waals surface area (Å²) in [4.78, 5) is 29.3. The average Bonchev–Trinajstić information content (AvgIpc) is 2.88. The number of amides is 2. The molecule has 2 amide bonds. The molecule has 10 heteroatoms. The number of carbonyl (C=O) groups excluding carboxylic acids is 2. The molecule has 0 saturated heterocycles. The van der Waals surface area contributed by atoms with Crippen molar-refractivity contribution in [1.82, 2.24) is 10.2 Å². The molecule has 0 aliphatic rings. The maximum Gasteiger partial charge on any atom is 0.244 e. The Bertz CT molecular complexity index is 1420. The van der Waals surface area contributed by atoms with Gasteiger partial charge in [0.15, 0.2) is 0 Å². The van der Waals surface area contributed by atoms with Crippen LogP contribution in [-0.2, 0) is 32.6 Å². The lowest BCUT2D eigenvalue weighted by Crippen LogP contribution is -2.56. The molecule has 0 bridgehead atoms. The lowest BCUT2D eigenvalue weighted by Gasteiger charge is -2.35. The minimum absolute atomic E-state index is 0.0468. The van der Waals surface area contributed by atoms with Crippen LogP contribution in [-0.4, -0.2) is 56.6 Å². The van der Waals surface area contributed by atoms with E-state index in [4.69, 9.17) is 16.3 Å². The Kier molecular flexibility index (Phi) is 10.2. The van der Waals surface area contributed by atoms with E-state index in [9.17, 15) is 18.0 Å². The van der Waals surface area contributed by atoms with Crippen LogP contribution in [0.4, 0.5) is 5.69 Å². The number of ether oxygens (including phenoxy) is 1. The Morgan fingerprint density at radius 3 is 2.17 bits per heavy atom. The number of nitrogens with one attached hydrogen (secondary N) is 1. The third-order valence-corrected chi connectivity index (χ3v) is 7.50. The minimum Gasteiger partial charge on any atom is -0.497 e. The fraction of sp³-hybridized carbons (Fsp3) is 0.333. The highest BCUT2D eigenvalue weighted by molar-refractivity contribution is 7.92. The van der Waals surface area contributed by atoms with Crippen molar-refractivity contribution < 1.29 is 22.7 Å². The van der Waals surface area contributed by atoms with Gasteiger partial charge in [0.2, 0.25) is 21.8 Å². The summed E-state index contributed by atoms with van der Waals surface area (Å²) in [5.74, 6) is -0.313. The molecule has 1 N–H and O–H groups in total. The third kappa shape index (κ3) is 8.72. The molecule has 3 rings (SSSR count). The van der Waals surface area contributed by atoms with Crippen LogP contribution in [0.3, 0.4) is 0 Å². The van der Waals surface area contributed by atoms with E-state index in [0.29, 0.717) is 5.75 Å². The third-order valence-electron chi connectivity index (χ3n) is 6.06. The lowest BCUT2D eigenvalue weighted by atomic mass is 10.0. The Morgan fingerprint density at radius 1 is 0.950 bits per heavy atom. The predicted molar refractivity (Wildman–Crippen MR) is 159 cm³/mol. The quantitative estimate of drug-likeness (QED) is 0.353. The number of sulfonamides is 1. The summed E-state index contributed by atoms with van der Waals surface area (Å²) in [7, 11) is -2.36. The SMILES string of the molecule is COc1cccc(CN(C(=O)CN(c2ccccc2Cl)S(C)(=O)=O)[C@@H](Cc2ccccc2)C(=O)NC(C)(C)C)c1. The van der Waals surface area contributed by atoms with Crippen LogP contribution < -0.4 is 14.4 Å². The lowest BCUT2D eigenvalue weighted by molar-refractivity contribution is -0.140. The molecule has 1 atom stereocenters. The molecular weight excluding hydrogens is 550 g/mol. The van der Waals surface area contributed by atoms with E-state index < -0.39 is 34.1 Å². The van der Waals surface area contributed by atoms with E-state index in [0.717, 1.165) is 21.7 Å². The van der Waals surface area contributed by atoms with Crippen molar-refractivity contribution in [3.63, 3.8) is 0 Å². The summed E-state index contributed by atoms with van der Waals surface area (Å²) < 4.78 is 32.1. The average molecular weight is 586 g/mol. The largest absolute Gasteiger partial charge is 0.497 e. The zero-order valence-corrected chi connectivity index (χ0v) is 25.0. The fourth-order valence-electron chi connectivity index (χ4n) is 4.22. The zero-order chi connectivity index (χ0) is 29.5. The van der Waals surface area contributed by atoms with Crippen molar-refractivity contribution >= 4 is 39.1 Å². The Balaban J connectivity index is 2.10. The molecule has 0 aromatic heterocycles. The first-order chi connectivity index (χ1) is 18.8. The monoisotopic (exact) mass is 585 g/mol. The highest BCUT2D eigenvalue weighted by Gasteiger charge is 2.34. The molecule has 0 spiro atoms.